The fourth-order valence-corrected chi connectivity index (χ4v) is 2.34. The summed E-state index contributed by atoms with van der Waals surface area (Å²) in [7, 11) is 1.56. The molecule has 0 radical (unpaired) electrons. The van der Waals surface area contributed by atoms with E-state index in [0.717, 1.165) is 5.56 Å². The average Bonchev–Trinajstić information content (AvgIpc) is 2.59. The molecule has 2 rings (SSSR count). The van der Waals surface area contributed by atoms with Gasteiger partial charge in [-0.2, -0.15) is 0 Å². The molecule has 0 unspecified atom stereocenters. The number of methoxy groups -OCH3 is 1. The van der Waals surface area contributed by atoms with E-state index in [2.05, 4.69) is 46.7 Å². The second-order valence-electron chi connectivity index (χ2n) is 7.04. The molecule has 0 saturated carbocycles. The highest BCUT2D eigenvalue weighted by Gasteiger charge is 2.17. The van der Waals surface area contributed by atoms with Gasteiger partial charge in [0.15, 0.2) is 0 Å². The number of hydrogen-bond donors (Lipinski definition) is 3. The van der Waals surface area contributed by atoms with Crippen molar-refractivity contribution < 1.29 is 14.3 Å². The second-order valence-corrected chi connectivity index (χ2v) is 7.04. The molecule has 0 spiro atoms. The van der Waals surface area contributed by atoms with Crippen molar-refractivity contribution >= 4 is 29.1 Å². The lowest BCUT2D eigenvalue weighted by atomic mass is 9.87. The molecule has 2 aromatic rings. The van der Waals surface area contributed by atoms with E-state index >= 15 is 0 Å². The van der Waals surface area contributed by atoms with Crippen LogP contribution in [0.25, 0.3) is 0 Å². The van der Waals surface area contributed by atoms with Crippen molar-refractivity contribution in [2.75, 3.05) is 29.6 Å². The van der Waals surface area contributed by atoms with Gasteiger partial charge in [-0.1, -0.05) is 26.8 Å². The van der Waals surface area contributed by atoms with E-state index in [4.69, 9.17) is 4.74 Å². The van der Waals surface area contributed by atoms with Crippen molar-refractivity contribution in [1.82, 2.24) is 9.97 Å². The van der Waals surface area contributed by atoms with Crippen molar-refractivity contribution in [2.24, 2.45) is 0 Å². The van der Waals surface area contributed by atoms with Crippen LogP contribution in [0.3, 0.4) is 0 Å². The summed E-state index contributed by atoms with van der Waals surface area (Å²) in [6.45, 7) is 7.69. The molecule has 1 heterocycles. The van der Waals surface area contributed by atoms with Crippen LogP contribution < -0.4 is 20.7 Å². The van der Waals surface area contributed by atoms with E-state index in [1.165, 1.54) is 13.3 Å². The maximum atomic E-state index is 12.3. The van der Waals surface area contributed by atoms with Crippen LogP contribution in [-0.2, 0) is 15.0 Å². The van der Waals surface area contributed by atoms with Crippen molar-refractivity contribution in [2.45, 2.75) is 33.1 Å². The molecular formula is C19H25N5O3. The molecule has 0 saturated heterocycles. The third-order valence-electron chi connectivity index (χ3n) is 3.74. The molecule has 1 aromatic carbocycles. The minimum atomic E-state index is -0.251. The first-order valence-electron chi connectivity index (χ1n) is 8.51. The van der Waals surface area contributed by atoms with E-state index in [0.29, 0.717) is 23.1 Å². The highest BCUT2D eigenvalue weighted by Crippen LogP contribution is 2.31. The number of carbonyl (C=O) groups excluding carboxylic acids is 2. The molecule has 1 aromatic heterocycles. The quantitative estimate of drug-likeness (QED) is 0.721. The molecule has 0 aliphatic rings. The fourth-order valence-electron chi connectivity index (χ4n) is 2.34. The Kier molecular flexibility index (Phi) is 6.33. The Morgan fingerprint density at radius 3 is 2.41 bits per heavy atom. The first-order chi connectivity index (χ1) is 12.7. The van der Waals surface area contributed by atoms with Crippen LogP contribution in [0.5, 0.6) is 5.75 Å². The third-order valence-corrected chi connectivity index (χ3v) is 3.74. The molecule has 27 heavy (non-hydrogen) atoms. The molecular weight excluding hydrogens is 346 g/mol. The van der Waals surface area contributed by atoms with Gasteiger partial charge in [0, 0.05) is 13.0 Å². The lowest BCUT2D eigenvalue weighted by molar-refractivity contribution is -0.115. The number of nitrogens with zero attached hydrogens (tertiary/aromatic N) is 2. The van der Waals surface area contributed by atoms with Crippen LogP contribution >= 0.6 is 0 Å². The number of nitrogens with one attached hydrogen (secondary N) is 3. The van der Waals surface area contributed by atoms with Gasteiger partial charge in [0.1, 0.15) is 23.7 Å². The minimum Gasteiger partial charge on any atom is -0.495 e. The largest absolute Gasteiger partial charge is 0.495 e. The Morgan fingerprint density at radius 2 is 1.78 bits per heavy atom. The zero-order chi connectivity index (χ0) is 20.0. The van der Waals surface area contributed by atoms with Gasteiger partial charge in [0.25, 0.3) is 0 Å². The lowest BCUT2D eigenvalue weighted by Crippen LogP contribution is -2.23. The molecule has 0 aliphatic carbocycles. The second kappa shape index (κ2) is 8.48. The smallest absolute Gasteiger partial charge is 0.243 e. The fraction of sp³-hybridized carbons (Fsp3) is 0.368. The minimum absolute atomic E-state index is 0.000571. The van der Waals surface area contributed by atoms with E-state index in [1.807, 2.05) is 18.2 Å². The maximum absolute atomic E-state index is 12.3. The maximum Gasteiger partial charge on any atom is 0.243 e. The van der Waals surface area contributed by atoms with E-state index in [9.17, 15) is 9.59 Å². The van der Waals surface area contributed by atoms with Crippen LogP contribution in [0.4, 0.5) is 17.3 Å². The normalized spacial score (nSPS) is 10.9. The predicted molar refractivity (Wildman–Crippen MR) is 105 cm³/mol. The number of hydrogen-bond acceptors (Lipinski definition) is 6. The summed E-state index contributed by atoms with van der Waals surface area (Å²) in [4.78, 5) is 31.4. The zero-order valence-corrected chi connectivity index (χ0v) is 16.2. The number of carbonyl (C=O) groups is 2. The molecule has 144 valence electrons. The molecule has 0 fully saturated rings. The van der Waals surface area contributed by atoms with Gasteiger partial charge in [-0.25, -0.2) is 9.97 Å². The first kappa shape index (κ1) is 20.2. The Balaban J connectivity index is 2.04. The average molecular weight is 371 g/mol. The van der Waals surface area contributed by atoms with Crippen molar-refractivity contribution in [3.05, 3.63) is 36.2 Å². The topological polar surface area (TPSA) is 105 Å². The lowest BCUT2D eigenvalue weighted by Gasteiger charge is -2.21. The Labute approximate surface area is 158 Å². The van der Waals surface area contributed by atoms with Crippen LogP contribution in [-0.4, -0.2) is 35.4 Å². The van der Waals surface area contributed by atoms with Crippen molar-refractivity contribution in [1.29, 1.82) is 0 Å². The summed E-state index contributed by atoms with van der Waals surface area (Å²) in [6, 6.07) is 7.29. The molecule has 0 aliphatic heterocycles. The van der Waals surface area contributed by atoms with Gasteiger partial charge in [0.05, 0.1) is 19.3 Å². The molecule has 2 amide bonds. The summed E-state index contributed by atoms with van der Waals surface area (Å²) >= 11 is 0. The molecule has 8 nitrogen and oxygen atoms in total. The van der Waals surface area contributed by atoms with Crippen LogP contribution in [0.1, 0.15) is 33.3 Å². The van der Waals surface area contributed by atoms with Crippen LogP contribution in [0.2, 0.25) is 0 Å². The zero-order valence-electron chi connectivity index (χ0n) is 16.2. The number of aromatic nitrogens is 2. The third kappa shape index (κ3) is 5.95. The van der Waals surface area contributed by atoms with Gasteiger partial charge in [-0.05, 0) is 23.1 Å². The Bertz CT molecular complexity index is 830. The number of anilines is 3. The molecule has 0 atom stereocenters. The van der Waals surface area contributed by atoms with Gasteiger partial charge < -0.3 is 20.7 Å². The number of benzene rings is 1. The Morgan fingerprint density at radius 1 is 1.07 bits per heavy atom. The van der Waals surface area contributed by atoms with Crippen LogP contribution in [0, 0.1) is 0 Å². The van der Waals surface area contributed by atoms with Gasteiger partial charge >= 0.3 is 0 Å². The molecule has 0 bridgehead atoms. The van der Waals surface area contributed by atoms with E-state index in [1.54, 1.807) is 13.2 Å². The van der Waals surface area contributed by atoms with Crippen molar-refractivity contribution in [3.8, 4) is 5.75 Å². The highest BCUT2D eigenvalue weighted by molar-refractivity contribution is 5.95. The summed E-state index contributed by atoms with van der Waals surface area (Å²) in [5.74, 6) is 0.896. The highest BCUT2D eigenvalue weighted by atomic mass is 16.5. The van der Waals surface area contributed by atoms with Crippen molar-refractivity contribution in [3.63, 3.8) is 0 Å². The van der Waals surface area contributed by atoms with E-state index < -0.39 is 0 Å². The summed E-state index contributed by atoms with van der Waals surface area (Å²) in [6.07, 6.45) is 1.31. The molecule has 8 heteroatoms. The number of rotatable bonds is 6. The van der Waals surface area contributed by atoms with Gasteiger partial charge in [-0.3, -0.25) is 9.59 Å². The number of amides is 2. The standard InChI is InChI=1S/C19H25N5O3/c1-12(25)23-17-9-16(21-11-22-17)20-10-18(26)24-14-8-13(19(2,3)4)6-7-15(14)27-5/h6-9,11H,10H2,1-5H3,(H,24,26)(H2,20,21,22,23,25). The van der Waals surface area contributed by atoms with Gasteiger partial charge in [0.2, 0.25) is 11.8 Å². The Hall–Kier alpha value is -3.16. The van der Waals surface area contributed by atoms with Gasteiger partial charge in [-0.15, -0.1) is 0 Å². The SMILES string of the molecule is COc1ccc(C(C)(C)C)cc1NC(=O)CNc1cc(NC(C)=O)ncn1. The molecule has 3 N–H and O–H groups in total. The summed E-state index contributed by atoms with van der Waals surface area (Å²) in [5.41, 5.74) is 1.64. The first-order valence-corrected chi connectivity index (χ1v) is 8.51. The predicted octanol–water partition coefficient (Wildman–Crippen LogP) is 2.79. The van der Waals surface area contributed by atoms with E-state index in [-0.39, 0.29) is 23.8 Å². The number of ether oxygens (including phenoxy) is 1. The monoisotopic (exact) mass is 371 g/mol. The summed E-state index contributed by atoms with van der Waals surface area (Å²) < 4.78 is 5.33. The van der Waals surface area contributed by atoms with Crippen LogP contribution in [0.15, 0.2) is 30.6 Å². The summed E-state index contributed by atoms with van der Waals surface area (Å²) in [5, 5.41) is 8.32.